The number of rotatable bonds is 5. The van der Waals surface area contributed by atoms with Crippen LogP contribution in [-0.2, 0) is 0 Å². The molecule has 0 spiro atoms. The fourth-order valence-corrected chi connectivity index (χ4v) is 3.94. The minimum absolute atomic E-state index is 0.222. The van der Waals surface area contributed by atoms with Gasteiger partial charge < -0.3 is 10.4 Å². The highest BCUT2D eigenvalue weighted by atomic mass is 16.3. The van der Waals surface area contributed by atoms with E-state index < -0.39 is 0 Å². The van der Waals surface area contributed by atoms with E-state index in [1.807, 2.05) is 13.0 Å². The summed E-state index contributed by atoms with van der Waals surface area (Å²) in [5, 5.41) is 14.1. The Morgan fingerprint density at radius 2 is 2.00 bits per heavy atom. The van der Waals surface area contributed by atoms with Gasteiger partial charge in [-0.15, -0.1) is 0 Å². The van der Waals surface area contributed by atoms with E-state index in [2.05, 4.69) is 43.4 Å². The lowest BCUT2D eigenvalue weighted by atomic mass is 9.72. The van der Waals surface area contributed by atoms with Crippen LogP contribution in [0.3, 0.4) is 0 Å². The molecule has 0 aromatic heterocycles. The van der Waals surface area contributed by atoms with E-state index in [0.29, 0.717) is 17.9 Å². The van der Waals surface area contributed by atoms with Gasteiger partial charge in [0.1, 0.15) is 0 Å². The first-order valence-corrected chi connectivity index (χ1v) is 8.11. The largest absolute Gasteiger partial charge is 0.393 e. The molecule has 3 unspecified atom stereocenters. The molecule has 1 aromatic carbocycles. The summed E-state index contributed by atoms with van der Waals surface area (Å²) in [5.74, 6) is 1.41. The molecule has 0 bridgehead atoms. The molecule has 2 nitrogen and oxygen atoms in total. The Morgan fingerprint density at radius 1 is 1.30 bits per heavy atom. The van der Waals surface area contributed by atoms with Crippen molar-refractivity contribution in [1.82, 2.24) is 5.32 Å². The van der Waals surface area contributed by atoms with Crippen molar-refractivity contribution in [2.45, 2.75) is 58.1 Å². The SMILES string of the molecule is CCC([C@H]1NCCCC1C)[C@@H](c1ccccc1)C(C)O. The molecular formula is C18H29NO. The smallest absolute Gasteiger partial charge is 0.0583 e. The maximum Gasteiger partial charge on any atom is 0.0583 e. The Hall–Kier alpha value is -0.860. The first-order chi connectivity index (χ1) is 9.65. The molecule has 5 atom stereocenters. The molecule has 0 amide bonds. The number of nitrogens with one attached hydrogen (secondary N) is 1. The fraction of sp³-hybridized carbons (Fsp3) is 0.667. The van der Waals surface area contributed by atoms with Gasteiger partial charge in [0.15, 0.2) is 0 Å². The molecule has 0 radical (unpaired) electrons. The standard InChI is InChI=1S/C18H29NO/c1-4-16(18-13(2)9-8-12-19-18)17(14(3)20)15-10-6-5-7-11-15/h5-7,10-11,13-14,16-20H,4,8-9,12H2,1-3H3/t13?,14?,16?,17-,18+/m1/s1. The Balaban J connectivity index is 2.25. The average Bonchev–Trinajstić information content (AvgIpc) is 2.46. The highest BCUT2D eigenvalue weighted by Gasteiger charge is 2.35. The predicted molar refractivity (Wildman–Crippen MR) is 84.8 cm³/mol. The summed E-state index contributed by atoms with van der Waals surface area (Å²) in [4.78, 5) is 0. The van der Waals surface area contributed by atoms with Crippen LogP contribution in [0.4, 0.5) is 0 Å². The lowest BCUT2D eigenvalue weighted by Gasteiger charge is -2.41. The van der Waals surface area contributed by atoms with Crippen molar-refractivity contribution in [3.8, 4) is 0 Å². The van der Waals surface area contributed by atoms with Gasteiger partial charge in [0.25, 0.3) is 0 Å². The van der Waals surface area contributed by atoms with E-state index in [9.17, 15) is 5.11 Å². The monoisotopic (exact) mass is 275 g/mol. The summed E-state index contributed by atoms with van der Waals surface area (Å²) in [6.07, 6.45) is 3.37. The number of hydrogen-bond donors (Lipinski definition) is 2. The van der Waals surface area contributed by atoms with Gasteiger partial charge >= 0.3 is 0 Å². The zero-order valence-corrected chi connectivity index (χ0v) is 13.0. The molecule has 1 aromatic rings. The third kappa shape index (κ3) is 3.42. The van der Waals surface area contributed by atoms with Crippen molar-refractivity contribution >= 4 is 0 Å². The molecule has 2 N–H and O–H groups in total. The van der Waals surface area contributed by atoms with Gasteiger partial charge in [0.05, 0.1) is 6.10 Å². The zero-order valence-electron chi connectivity index (χ0n) is 13.0. The van der Waals surface area contributed by atoms with Crippen LogP contribution in [-0.4, -0.2) is 23.8 Å². The lowest BCUT2D eigenvalue weighted by molar-refractivity contribution is 0.0941. The molecule has 112 valence electrons. The summed E-state index contributed by atoms with van der Waals surface area (Å²) in [5.41, 5.74) is 1.27. The second-order valence-electron chi connectivity index (χ2n) is 6.35. The number of benzene rings is 1. The molecule has 1 aliphatic rings. The van der Waals surface area contributed by atoms with Crippen LogP contribution < -0.4 is 5.32 Å². The number of aliphatic hydroxyl groups excluding tert-OH is 1. The minimum atomic E-state index is -0.307. The average molecular weight is 275 g/mol. The third-order valence-electron chi connectivity index (χ3n) is 4.93. The first kappa shape index (κ1) is 15.5. The normalized spacial score (nSPS) is 27.8. The molecule has 2 heteroatoms. The second-order valence-corrected chi connectivity index (χ2v) is 6.35. The summed E-state index contributed by atoms with van der Waals surface area (Å²) >= 11 is 0. The van der Waals surface area contributed by atoms with E-state index in [0.717, 1.165) is 13.0 Å². The van der Waals surface area contributed by atoms with Crippen LogP contribution in [0.5, 0.6) is 0 Å². The van der Waals surface area contributed by atoms with E-state index in [4.69, 9.17) is 0 Å². The Labute approximate surface area is 123 Å². The quantitative estimate of drug-likeness (QED) is 0.861. The first-order valence-electron chi connectivity index (χ1n) is 8.11. The van der Waals surface area contributed by atoms with Crippen molar-refractivity contribution < 1.29 is 5.11 Å². The maximum absolute atomic E-state index is 10.4. The molecule has 2 rings (SSSR count). The minimum Gasteiger partial charge on any atom is -0.393 e. The lowest BCUT2D eigenvalue weighted by Crippen LogP contribution is -2.48. The van der Waals surface area contributed by atoms with E-state index in [1.54, 1.807) is 0 Å². The molecule has 1 heterocycles. The molecule has 1 saturated heterocycles. The van der Waals surface area contributed by atoms with Gasteiger partial charge in [-0.25, -0.2) is 0 Å². The van der Waals surface area contributed by atoms with Crippen LogP contribution >= 0.6 is 0 Å². The van der Waals surface area contributed by atoms with Crippen molar-refractivity contribution in [1.29, 1.82) is 0 Å². The van der Waals surface area contributed by atoms with Crippen molar-refractivity contribution in [2.24, 2.45) is 11.8 Å². The molecular weight excluding hydrogens is 246 g/mol. The van der Waals surface area contributed by atoms with Crippen LogP contribution in [0.2, 0.25) is 0 Å². The topological polar surface area (TPSA) is 32.3 Å². The highest BCUT2D eigenvalue weighted by molar-refractivity contribution is 5.22. The maximum atomic E-state index is 10.4. The predicted octanol–water partition coefficient (Wildman–Crippen LogP) is 3.57. The Morgan fingerprint density at radius 3 is 2.55 bits per heavy atom. The van der Waals surface area contributed by atoms with Crippen LogP contribution in [0.25, 0.3) is 0 Å². The molecule has 0 aliphatic carbocycles. The number of aliphatic hydroxyl groups is 1. The molecule has 1 aliphatic heterocycles. The zero-order chi connectivity index (χ0) is 14.5. The van der Waals surface area contributed by atoms with Gasteiger partial charge in [-0.05, 0) is 43.7 Å². The van der Waals surface area contributed by atoms with Crippen molar-refractivity contribution in [3.63, 3.8) is 0 Å². The van der Waals surface area contributed by atoms with E-state index >= 15 is 0 Å². The van der Waals surface area contributed by atoms with Crippen molar-refractivity contribution in [3.05, 3.63) is 35.9 Å². The summed E-state index contributed by atoms with van der Waals surface area (Å²) < 4.78 is 0. The van der Waals surface area contributed by atoms with E-state index in [-0.39, 0.29) is 12.0 Å². The number of piperidine rings is 1. The summed E-state index contributed by atoms with van der Waals surface area (Å²) in [6.45, 7) is 7.66. The second kappa shape index (κ2) is 7.24. The van der Waals surface area contributed by atoms with Gasteiger partial charge in [-0.1, -0.05) is 50.6 Å². The molecule has 1 fully saturated rings. The van der Waals surface area contributed by atoms with Gasteiger partial charge in [-0.2, -0.15) is 0 Å². The fourth-order valence-electron chi connectivity index (χ4n) is 3.94. The van der Waals surface area contributed by atoms with Gasteiger partial charge in [0, 0.05) is 12.0 Å². The van der Waals surface area contributed by atoms with Gasteiger partial charge in [0.2, 0.25) is 0 Å². The van der Waals surface area contributed by atoms with Gasteiger partial charge in [-0.3, -0.25) is 0 Å². The Kier molecular flexibility index (Phi) is 5.62. The molecule has 0 saturated carbocycles. The van der Waals surface area contributed by atoms with Crippen LogP contribution in [0.1, 0.15) is 51.5 Å². The van der Waals surface area contributed by atoms with Crippen molar-refractivity contribution in [2.75, 3.05) is 6.54 Å². The Bertz CT molecular complexity index is 390. The van der Waals surface area contributed by atoms with Crippen LogP contribution in [0.15, 0.2) is 30.3 Å². The highest BCUT2D eigenvalue weighted by Crippen LogP contribution is 2.37. The van der Waals surface area contributed by atoms with Crippen LogP contribution in [0, 0.1) is 11.8 Å². The van der Waals surface area contributed by atoms with E-state index in [1.165, 1.54) is 18.4 Å². The summed E-state index contributed by atoms with van der Waals surface area (Å²) in [6, 6.07) is 11.0. The summed E-state index contributed by atoms with van der Waals surface area (Å²) in [7, 11) is 0. The number of hydrogen-bond acceptors (Lipinski definition) is 2. The third-order valence-corrected chi connectivity index (χ3v) is 4.93. The molecule has 20 heavy (non-hydrogen) atoms.